The summed E-state index contributed by atoms with van der Waals surface area (Å²) in [4.78, 5) is 0. The summed E-state index contributed by atoms with van der Waals surface area (Å²) < 4.78 is 20.5. The molecule has 0 aliphatic carbocycles. The number of nitrogens with zero attached hydrogens (tertiary/aromatic N) is 2. The van der Waals surface area contributed by atoms with E-state index in [4.69, 9.17) is 9.66 Å². The molecule has 2 N–H and O–H groups in total. The fourth-order valence-electron chi connectivity index (χ4n) is 0.809. The third kappa shape index (κ3) is 2.40. The molecule has 0 radical (unpaired) electrons. The van der Waals surface area contributed by atoms with Gasteiger partial charge in [-0.05, 0) is 13.0 Å². The summed E-state index contributed by atoms with van der Waals surface area (Å²) in [5.41, 5.74) is 0. The van der Waals surface area contributed by atoms with Gasteiger partial charge >= 0.3 is 0 Å². The standard InChI is InChI=1S/C6H10N2O3S/c1-5(9)4-8-3-2-6(7-8)12(10)11/h2-3,5,9H,4H2,1H3,(H,10,11). The quantitative estimate of drug-likeness (QED) is 0.650. The van der Waals surface area contributed by atoms with E-state index in [2.05, 4.69) is 5.10 Å². The second-order valence-electron chi connectivity index (χ2n) is 2.47. The first kappa shape index (κ1) is 9.37. The van der Waals surface area contributed by atoms with Gasteiger partial charge in [-0.3, -0.25) is 4.68 Å². The fraction of sp³-hybridized carbons (Fsp3) is 0.500. The summed E-state index contributed by atoms with van der Waals surface area (Å²) in [6.45, 7) is 1.95. The minimum Gasteiger partial charge on any atom is -0.391 e. The lowest BCUT2D eigenvalue weighted by Gasteiger charge is -2.02. The van der Waals surface area contributed by atoms with Crippen molar-refractivity contribution in [3.8, 4) is 0 Å². The molecule has 0 fully saturated rings. The second kappa shape index (κ2) is 3.79. The first-order valence-electron chi connectivity index (χ1n) is 3.42. The molecule has 2 unspecified atom stereocenters. The molecule has 1 rings (SSSR count). The Hall–Kier alpha value is -0.720. The summed E-state index contributed by atoms with van der Waals surface area (Å²) in [5.74, 6) is 0. The molecule has 0 aliphatic heterocycles. The van der Waals surface area contributed by atoms with Gasteiger partial charge in [-0.1, -0.05) is 0 Å². The number of rotatable bonds is 3. The van der Waals surface area contributed by atoms with Gasteiger partial charge in [-0.15, -0.1) is 0 Å². The Balaban J connectivity index is 2.71. The van der Waals surface area contributed by atoms with E-state index in [9.17, 15) is 4.21 Å². The molecule has 0 saturated carbocycles. The number of hydrogen-bond donors (Lipinski definition) is 2. The smallest absolute Gasteiger partial charge is 0.207 e. The van der Waals surface area contributed by atoms with E-state index in [0.717, 1.165) is 0 Å². The van der Waals surface area contributed by atoms with E-state index in [0.29, 0.717) is 6.54 Å². The molecule has 0 amide bonds. The molecular formula is C6H10N2O3S. The van der Waals surface area contributed by atoms with Crippen molar-refractivity contribution in [1.29, 1.82) is 0 Å². The zero-order valence-corrected chi connectivity index (χ0v) is 7.36. The lowest BCUT2D eigenvalue weighted by Crippen LogP contribution is -2.12. The normalized spacial score (nSPS) is 15.9. The van der Waals surface area contributed by atoms with Crippen LogP contribution >= 0.6 is 0 Å². The van der Waals surface area contributed by atoms with Crippen molar-refractivity contribution in [3.05, 3.63) is 12.3 Å². The number of hydrogen-bond acceptors (Lipinski definition) is 3. The highest BCUT2D eigenvalue weighted by molar-refractivity contribution is 7.79. The average molecular weight is 190 g/mol. The largest absolute Gasteiger partial charge is 0.391 e. The summed E-state index contributed by atoms with van der Waals surface area (Å²) in [6, 6.07) is 1.44. The highest BCUT2D eigenvalue weighted by Crippen LogP contribution is 2.00. The van der Waals surface area contributed by atoms with Crippen LogP contribution in [0, 0.1) is 0 Å². The molecule has 1 aromatic rings. The van der Waals surface area contributed by atoms with Crippen LogP contribution in [0.15, 0.2) is 17.3 Å². The van der Waals surface area contributed by atoms with Crippen molar-refractivity contribution in [2.75, 3.05) is 0 Å². The lowest BCUT2D eigenvalue weighted by molar-refractivity contribution is 0.168. The topological polar surface area (TPSA) is 75.4 Å². The van der Waals surface area contributed by atoms with E-state index in [-0.39, 0.29) is 5.03 Å². The average Bonchev–Trinajstić information content (AvgIpc) is 2.34. The van der Waals surface area contributed by atoms with Crippen LogP contribution in [0.4, 0.5) is 0 Å². The number of aromatic nitrogens is 2. The zero-order valence-electron chi connectivity index (χ0n) is 6.54. The van der Waals surface area contributed by atoms with Crippen LogP contribution in [0.1, 0.15) is 6.92 Å². The SMILES string of the molecule is CC(O)Cn1ccc(S(=O)O)n1. The molecule has 6 heteroatoms. The maximum absolute atomic E-state index is 10.5. The van der Waals surface area contributed by atoms with Crippen molar-refractivity contribution in [3.63, 3.8) is 0 Å². The monoisotopic (exact) mass is 190 g/mol. The van der Waals surface area contributed by atoms with E-state index in [1.807, 2.05) is 0 Å². The Morgan fingerprint density at radius 3 is 2.92 bits per heavy atom. The van der Waals surface area contributed by atoms with E-state index < -0.39 is 17.2 Å². The third-order valence-electron chi connectivity index (χ3n) is 1.25. The molecule has 1 aromatic heterocycles. The van der Waals surface area contributed by atoms with Gasteiger partial charge in [0.05, 0.1) is 12.6 Å². The van der Waals surface area contributed by atoms with Gasteiger partial charge in [0, 0.05) is 6.20 Å². The molecule has 1 heterocycles. The van der Waals surface area contributed by atoms with Gasteiger partial charge < -0.3 is 9.66 Å². The Bertz CT molecular complexity index is 284. The molecular weight excluding hydrogens is 180 g/mol. The van der Waals surface area contributed by atoms with Crippen LogP contribution in [0.25, 0.3) is 0 Å². The summed E-state index contributed by atoms with van der Waals surface area (Å²) in [7, 11) is 0. The van der Waals surface area contributed by atoms with Crippen LogP contribution in [-0.4, -0.2) is 29.8 Å². The molecule has 0 aliphatic rings. The van der Waals surface area contributed by atoms with Gasteiger partial charge in [0.25, 0.3) is 0 Å². The molecule has 0 aromatic carbocycles. The van der Waals surface area contributed by atoms with E-state index in [1.165, 1.54) is 10.7 Å². The molecule has 0 spiro atoms. The van der Waals surface area contributed by atoms with Crippen molar-refractivity contribution >= 4 is 11.1 Å². The van der Waals surface area contributed by atoms with Gasteiger partial charge in [0.1, 0.15) is 0 Å². The Morgan fingerprint density at radius 2 is 2.50 bits per heavy atom. The lowest BCUT2D eigenvalue weighted by atomic mass is 10.4. The van der Waals surface area contributed by atoms with Gasteiger partial charge in [0.2, 0.25) is 11.1 Å². The van der Waals surface area contributed by atoms with Crippen LogP contribution in [-0.2, 0) is 17.6 Å². The molecule has 0 bridgehead atoms. The molecule has 0 saturated heterocycles. The highest BCUT2D eigenvalue weighted by atomic mass is 32.2. The zero-order chi connectivity index (χ0) is 9.14. The Morgan fingerprint density at radius 1 is 1.83 bits per heavy atom. The van der Waals surface area contributed by atoms with Crippen molar-refractivity contribution in [2.45, 2.75) is 24.6 Å². The third-order valence-corrected chi connectivity index (χ3v) is 1.82. The van der Waals surface area contributed by atoms with Gasteiger partial charge in [-0.2, -0.15) is 5.10 Å². The number of aliphatic hydroxyl groups excluding tert-OH is 1. The summed E-state index contributed by atoms with van der Waals surface area (Å²) >= 11 is -2.04. The summed E-state index contributed by atoms with van der Waals surface area (Å²) in [5, 5.41) is 12.8. The minimum atomic E-state index is -2.04. The van der Waals surface area contributed by atoms with Crippen LogP contribution in [0.2, 0.25) is 0 Å². The molecule has 12 heavy (non-hydrogen) atoms. The second-order valence-corrected chi connectivity index (χ2v) is 3.39. The molecule has 68 valence electrons. The predicted molar refractivity (Wildman–Crippen MR) is 42.9 cm³/mol. The van der Waals surface area contributed by atoms with Crippen molar-refractivity contribution in [2.24, 2.45) is 0 Å². The van der Waals surface area contributed by atoms with Crippen LogP contribution < -0.4 is 0 Å². The van der Waals surface area contributed by atoms with E-state index in [1.54, 1.807) is 13.1 Å². The van der Waals surface area contributed by atoms with E-state index >= 15 is 0 Å². The number of aliphatic hydroxyl groups is 1. The van der Waals surface area contributed by atoms with Crippen molar-refractivity contribution < 1.29 is 13.9 Å². The predicted octanol–water partition coefficient (Wildman–Crippen LogP) is -0.156. The Kier molecular flexibility index (Phi) is 2.96. The maximum atomic E-state index is 10.5. The van der Waals surface area contributed by atoms with Gasteiger partial charge in [-0.25, -0.2) is 4.21 Å². The Labute approximate surface area is 72.3 Å². The van der Waals surface area contributed by atoms with Gasteiger partial charge in [0.15, 0.2) is 5.03 Å². The maximum Gasteiger partial charge on any atom is 0.207 e. The fourth-order valence-corrected chi connectivity index (χ4v) is 1.16. The van der Waals surface area contributed by atoms with Crippen LogP contribution in [0.5, 0.6) is 0 Å². The van der Waals surface area contributed by atoms with Crippen molar-refractivity contribution in [1.82, 2.24) is 9.78 Å². The molecule has 5 nitrogen and oxygen atoms in total. The summed E-state index contributed by atoms with van der Waals surface area (Å²) in [6.07, 6.45) is 1.04. The minimum absolute atomic E-state index is 0.107. The van der Waals surface area contributed by atoms with Crippen LogP contribution in [0.3, 0.4) is 0 Å². The first-order chi connectivity index (χ1) is 5.59. The highest BCUT2D eigenvalue weighted by Gasteiger charge is 2.05. The first-order valence-corrected chi connectivity index (χ1v) is 4.52. The molecule has 2 atom stereocenters.